The first-order valence-electron chi connectivity index (χ1n) is 8.54. The van der Waals surface area contributed by atoms with E-state index in [-0.39, 0.29) is 16.3 Å². The molecule has 3 rings (SSSR count). The van der Waals surface area contributed by atoms with E-state index in [1.807, 2.05) is 6.92 Å². The number of aromatic nitrogens is 1. The molecule has 0 saturated carbocycles. The van der Waals surface area contributed by atoms with Gasteiger partial charge < -0.3 is 15.1 Å². The molecule has 0 atom stereocenters. The van der Waals surface area contributed by atoms with Crippen LogP contribution in [0.15, 0.2) is 38.3 Å². The normalized spacial score (nSPS) is 10.4. The van der Waals surface area contributed by atoms with Crippen LogP contribution in [0.25, 0.3) is 10.9 Å². The lowest BCUT2D eigenvalue weighted by Crippen LogP contribution is -2.23. The van der Waals surface area contributed by atoms with Crippen LogP contribution in [0.1, 0.15) is 17.3 Å². The summed E-state index contributed by atoms with van der Waals surface area (Å²) < 4.78 is 5.63. The van der Waals surface area contributed by atoms with E-state index in [0.717, 1.165) is 4.57 Å². The Bertz CT molecular complexity index is 1220. The van der Waals surface area contributed by atoms with E-state index >= 15 is 0 Å². The Labute approximate surface area is 191 Å². The maximum atomic E-state index is 11.7. The lowest BCUT2D eigenvalue weighted by atomic mass is 10.1. The second kappa shape index (κ2) is 10.2. The van der Waals surface area contributed by atoms with Gasteiger partial charge in [-0.3, -0.25) is 9.36 Å². The lowest BCUT2D eigenvalue weighted by Gasteiger charge is -2.11. The number of nitrogens with one attached hydrogen (secondary N) is 2. The largest absolute Gasteiger partial charge is 0.422 e. The average Bonchev–Trinajstić information content (AvgIpc) is 2.66. The topological polar surface area (TPSA) is 93.3 Å². The van der Waals surface area contributed by atoms with Crippen LogP contribution in [-0.4, -0.2) is 24.1 Å². The number of amides is 1. The molecule has 1 amide bonds. The van der Waals surface area contributed by atoms with Crippen LogP contribution in [0.2, 0.25) is 20.1 Å². The molecular formula is C19H17Cl4N3O4. The van der Waals surface area contributed by atoms with Gasteiger partial charge in [-0.15, -0.1) is 0 Å². The molecule has 7 nitrogen and oxygen atoms in total. The molecule has 2 N–H and O–H groups in total. The number of anilines is 1. The monoisotopic (exact) mass is 491 g/mol. The highest BCUT2D eigenvalue weighted by molar-refractivity contribution is 6.38. The standard InChI is InChI=1S/C10H12Cl2N2O.C9H5Cl2NO3/c1-3-14-10(15)7-4-6(11)5-8(12)9(7)13-2;1-12-7-5(8(13)15-9(12)14)2-4(10)3-6(7)11/h4-5,13H,3H2,1-2H3,(H,14,15);2-3H,1H3. The summed E-state index contributed by atoms with van der Waals surface area (Å²) in [5.41, 5.74) is 0.628. The summed E-state index contributed by atoms with van der Waals surface area (Å²) in [7, 11) is 3.17. The van der Waals surface area contributed by atoms with Crippen LogP contribution in [-0.2, 0) is 7.05 Å². The highest BCUT2D eigenvalue weighted by atomic mass is 35.5. The number of aryl methyl sites for hydroxylation is 1. The van der Waals surface area contributed by atoms with E-state index in [2.05, 4.69) is 15.1 Å². The molecule has 0 bridgehead atoms. The van der Waals surface area contributed by atoms with E-state index in [1.54, 1.807) is 19.2 Å². The Hall–Kier alpha value is -2.19. The minimum Gasteiger partial charge on any atom is -0.386 e. The molecule has 30 heavy (non-hydrogen) atoms. The van der Waals surface area contributed by atoms with Gasteiger partial charge in [-0.25, -0.2) is 9.59 Å². The van der Waals surface area contributed by atoms with Crippen LogP contribution >= 0.6 is 46.4 Å². The SMILES string of the molecule is CCNC(=O)c1cc(Cl)cc(Cl)c1NC.Cn1c(=O)oc(=O)c2cc(Cl)cc(Cl)c21. The molecule has 0 fully saturated rings. The quantitative estimate of drug-likeness (QED) is 0.558. The molecule has 3 aromatic rings. The fraction of sp³-hybridized carbons (Fsp3) is 0.211. The van der Waals surface area contributed by atoms with Gasteiger partial charge in [0, 0.05) is 30.7 Å². The number of fused-ring (bicyclic) bond motifs is 1. The number of carbonyl (C=O) groups is 1. The fourth-order valence-electron chi connectivity index (χ4n) is 2.62. The van der Waals surface area contributed by atoms with Crippen molar-refractivity contribution < 1.29 is 9.21 Å². The fourth-order valence-corrected chi connectivity index (χ4v) is 3.83. The van der Waals surface area contributed by atoms with E-state index in [4.69, 9.17) is 46.4 Å². The number of hydrogen-bond acceptors (Lipinski definition) is 5. The summed E-state index contributed by atoms with van der Waals surface area (Å²) >= 11 is 23.4. The average molecular weight is 493 g/mol. The van der Waals surface area contributed by atoms with Crippen molar-refractivity contribution in [1.29, 1.82) is 0 Å². The summed E-state index contributed by atoms with van der Waals surface area (Å²) in [4.78, 5) is 34.2. The van der Waals surface area contributed by atoms with Crippen LogP contribution in [0.4, 0.5) is 5.69 Å². The first-order chi connectivity index (χ1) is 14.1. The molecule has 0 aliphatic heterocycles. The number of hydrogen-bond donors (Lipinski definition) is 2. The molecule has 1 heterocycles. The Kier molecular flexibility index (Phi) is 8.20. The number of nitrogens with zero attached hydrogens (tertiary/aromatic N) is 1. The van der Waals surface area contributed by atoms with Crippen molar-refractivity contribution >= 4 is 68.9 Å². The number of benzene rings is 2. The highest BCUT2D eigenvalue weighted by Crippen LogP contribution is 2.29. The Balaban J connectivity index is 0.000000214. The molecule has 0 aliphatic carbocycles. The molecule has 0 aliphatic rings. The van der Waals surface area contributed by atoms with Gasteiger partial charge in [0.25, 0.3) is 5.91 Å². The van der Waals surface area contributed by atoms with Gasteiger partial charge in [0.15, 0.2) is 0 Å². The molecule has 0 unspecified atom stereocenters. The third kappa shape index (κ3) is 5.29. The zero-order valence-electron chi connectivity index (χ0n) is 16.1. The first-order valence-corrected chi connectivity index (χ1v) is 10.1. The van der Waals surface area contributed by atoms with Gasteiger partial charge in [0.1, 0.15) is 0 Å². The minimum absolute atomic E-state index is 0.189. The summed E-state index contributed by atoms with van der Waals surface area (Å²) in [6, 6.07) is 6.06. The number of rotatable bonds is 3. The van der Waals surface area contributed by atoms with Gasteiger partial charge in [-0.05, 0) is 31.2 Å². The van der Waals surface area contributed by atoms with Gasteiger partial charge in [0.05, 0.1) is 32.2 Å². The van der Waals surface area contributed by atoms with Crippen LogP contribution < -0.4 is 22.0 Å². The Morgan fingerprint density at radius 1 is 1.03 bits per heavy atom. The van der Waals surface area contributed by atoms with Crippen LogP contribution in [0, 0.1) is 0 Å². The van der Waals surface area contributed by atoms with Gasteiger partial charge in [-0.2, -0.15) is 0 Å². The van der Waals surface area contributed by atoms with Crippen molar-refractivity contribution in [2.45, 2.75) is 6.92 Å². The van der Waals surface area contributed by atoms with E-state index in [9.17, 15) is 14.4 Å². The smallest absolute Gasteiger partial charge is 0.386 e. The zero-order valence-corrected chi connectivity index (χ0v) is 19.1. The second-order valence-corrected chi connectivity index (χ2v) is 7.61. The molecule has 11 heteroatoms. The third-order valence-corrected chi connectivity index (χ3v) is 4.95. The van der Waals surface area contributed by atoms with Crippen molar-refractivity contribution in [3.63, 3.8) is 0 Å². The van der Waals surface area contributed by atoms with Crippen molar-refractivity contribution in [3.8, 4) is 0 Å². The predicted molar refractivity (Wildman–Crippen MR) is 122 cm³/mol. The van der Waals surface area contributed by atoms with E-state index < -0.39 is 11.4 Å². The minimum atomic E-state index is -0.753. The van der Waals surface area contributed by atoms with E-state index in [1.165, 1.54) is 19.2 Å². The highest BCUT2D eigenvalue weighted by Gasteiger charge is 2.14. The number of carbonyl (C=O) groups excluding carboxylic acids is 1. The molecule has 2 aromatic carbocycles. The third-order valence-electron chi connectivity index (χ3n) is 3.92. The summed E-state index contributed by atoms with van der Waals surface area (Å²) in [6.07, 6.45) is 0. The molecule has 0 radical (unpaired) electrons. The molecule has 1 aromatic heterocycles. The maximum Gasteiger partial charge on any atom is 0.422 e. The first kappa shape index (κ1) is 24.1. The van der Waals surface area contributed by atoms with Crippen LogP contribution in [0.5, 0.6) is 0 Å². The number of halogens is 4. The molecule has 160 valence electrons. The predicted octanol–water partition coefficient (Wildman–Crippen LogP) is 4.58. The molecular weight excluding hydrogens is 476 g/mol. The lowest BCUT2D eigenvalue weighted by molar-refractivity contribution is 0.0956. The summed E-state index contributed by atoms with van der Waals surface area (Å²) in [5, 5.41) is 7.20. The molecule has 0 spiro atoms. The zero-order chi connectivity index (χ0) is 22.6. The van der Waals surface area contributed by atoms with E-state index in [0.29, 0.717) is 38.4 Å². The van der Waals surface area contributed by atoms with Gasteiger partial charge in [-0.1, -0.05) is 46.4 Å². The summed E-state index contributed by atoms with van der Waals surface area (Å²) in [5.74, 6) is -0.942. The van der Waals surface area contributed by atoms with Crippen molar-refractivity contribution in [3.05, 3.63) is 70.9 Å². The van der Waals surface area contributed by atoms with Gasteiger partial charge >= 0.3 is 11.4 Å². The van der Waals surface area contributed by atoms with Crippen molar-refractivity contribution in [2.75, 3.05) is 18.9 Å². The van der Waals surface area contributed by atoms with Gasteiger partial charge in [0.2, 0.25) is 0 Å². The maximum absolute atomic E-state index is 11.7. The van der Waals surface area contributed by atoms with Crippen LogP contribution in [0.3, 0.4) is 0 Å². The molecule has 0 saturated heterocycles. The van der Waals surface area contributed by atoms with Crippen molar-refractivity contribution in [2.24, 2.45) is 7.05 Å². The Morgan fingerprint density at radius 3 is 2.23 bits per heavy atom. The Morgan fingerprint density at radius 2 is 1.63 bits per heavy atom. The van der Waals surface area contributed by atoms with Crippen molar-refractivity contribution in [1.82, 2.24) is 9.88 Å². The second-order valence-electron chi connectivity index (χ2n) is 5.92. The summed E-state index contributed by atoms with van der Waals surface area (Å²) in [6.45, 7) is 2.41.